The molecular weight excluding hydrogens is 423 g/mol. The van der Waals surface area contributed by atoms with Gasteiger partial charge in [-0.2, -0.15) is 0 Å². The number of benzene rings is 3. The van der Waals surface area contributed by atoms with Gasteiger partial charge in [0.2, 0.25) is 0 Å². The molecule has 0 saturated heterocycles. The summed E-state index contributed by atoms with van der Waals surface area (Å²) in [6, 6.07) is 23.1. The highest BCUT2D eigenvalue weighted by Gasteiger charge is 2.12. The van der Waals surface area contributed by atoms with E-state index in [2.05, 4.69) is 0 Å². The van der Waals surface area contributed by atoms with E-state index in [1.165, 1.54) is 35.6 Å². The van der Waals surface area contributed by atoms with E-state index in [0.717, 1.165) is 16.0 Å². The predicted molar refractivity (Wildman–Crippen MR) is 123 cm³/mol. The Balaban J connectivity index is 1.39. The summed E-state index contributed by atoms with van der Waals surface area (Å²) in [6.45, 7) is 0. The number of ketones is 3. The number of carbonyl (C=O) groups excluding carboxylic acids is 3. The molecule has 5 heteroatoms. The second kappa shape index (κ2) is 9.62. The van der Waals surface area contributed by atoms with Crippen molar-refractivity contribution in [1.29, 1.82) is 0 Å². The number of rotatable bonds is 8. The molecule has 0 aliphatic heterocycles. The van der Waals surface area contributed by atoms with E-state index in [4.69, 9.17) is 0 Å². The van der Waals surface area contributed by atoms with Crippen molar-refractivity contribution in [2.45, 2.75) is 12.8 Å². The van der Waals surface area contributed by atoms with Crippen LogP contribution >= 0.6 is 11.3 Å². The summed E-state index contributed by atoms with van der Waals surface area (Å²) < 4.78 is 13.0. The third-order valence-corrected chi connectivity index (χ3v) is 6.03. The van der Waals surface area contributed by atoms with Crippen molar-refractivity contribution in [2.24, 2.45) is 0 Å². The molecule has 0 amide bonds. The lowest BCUT2D eigenvalue weighted by atomic mass is 9.98. The van der Waals surface area contributed by atoms with E-state index in [0.29, 0.717) is 23.1 Å². The maximum atomic E-state index is 13.0. The van der Waals surface area contributed by atoms with Crippen LogP contribution in [0.2, 0.25) is 0 Å². The van der Waals surface area contributed by atoms with Crippen LogP contribution < -0.4 is 0 Å². The van der Waals surface area contributed by atoms with Crippen molar-refractivity contribution in [1.82, 2.24) is 0 Å². The summed E-state index contributed by atoms with van der Waals surface area (Å²) in [6.07, 6.45) is 0.471. The largest absolute Gasteiger partial charge is 0.294 e. The van der Waals surface area contributed by atoms with Crippen LogP contribution in [-0.2, 0) is 12.8 Å². The summed E-state index contributed by atoms with van der Waals surface area (Å²) in [5.74, 6) is -0.564. The lowest BCUT2D eigenvalue weighted by Gasteiger charge is -2.06. The molecule has 0 saturated carbocycles. The zero-order valence-corrected chi connectivity index (χ0v) is 17.9. The first-order chi connectivity index (χ1) is 15.5. The van der Waals surface area contributed by atoms with Gasteiger partial charge in [0, 0.05) is 29.5 Å². The Hall–Kier alpha value is -3.70. The average Bonchev–Trinajstić information content (AvgIpc) is 3.35. The first-order valence-electron chi connectivity index (χ1n) is 10.1. The molecule has 3 nitrogen and oxygen atoms in total. The van der Waals surface area contributed by atoms with E-state index in [9.17, 15) is 18.8 Å². The Bertz CT molecular complexity index is 1240. The number of Topliss-reactive ketones (excluding diaryl/α,β-unsaturated/α-hetero) is 2. The average molecular weight is 443 g/mol. The number of carbonyl (C=O) groups is 3. The molecule has 3 aromatic carbocycles. The van der Waals surface area contributed by atoms with Crippen LogP contribution in [0, 0.1) is 5.82 Å². The fourth-order valence-electron chi connectivity index (χ4n) is 3.35. The van der Waals surface area contributed by atoms with Crippen LogP contribution in [0.15, 0.2) is 90.3 Å². The second-order valence-corrected chi connectivity index (χ2v) is 8.35. The van der Waals surface area contributed by atoms with Gasteiger partial charge in [0.15, 0.2) is 17.3 Å². The molecule has 0 unspecified atom stereocenters. The van der Waals surface area contributed by atoms with Crippen LogP contribution in [0.1, 0.15) is 47.1 Å². The Labute approximate surface area is 189 Å². The van der Waals surface area contributed by atoms with Gasteiger partial charge in [-0.1, -0.05) is 54.6 Å². The third kappa shape index (κ3) is 5.13. The molecule has 0 fully saturated rings. The maximum absolute atomic E-state index is 13.0. The molecule has 158 valence electrons. The summed E-state index contributed by atoms with van der Waals surface area (Å²) in [4.78, 5) is 38.1. The molecule has 0 aliphatic rings. The fourth-order valence-corrected chi connectivity index (χ4v) is 4.01. The van der Waals surface area contributed by atoms with Crippen LogP contribution in [0.4, 0.5) is 4.39 Å². The van der Waals surface area contributed by atoms with E-state index >= 15 is 0 Å². The van der Waals surface area contributed by atoms with Gasteiger partial charge in [-0.25, -0.2) is 4.39 Å². The number of halogens is 1. The van der Waals surface area contributed by atoms with E-state index in [1.807, 2.05) is 17.5 Å². The van der Waals surface area contributed by atoms with E-state index in [1.54, 1.807) is 48.5 Å². The quantitative estimate of drug-likeness (QED) is 0.316. The summed E-state index contributed by atoms with van der Waals surface area (Å²) >= 11 is 1.42. The highest BCUT2D eigenvalue weighted by Crippen LogP contribution is 2.17. The first-order valence-corrected chi connectivity index (χ1v) is 11.0. The van der Waals surface area contributed by atoms with Gasteiger partial charge in [-0.05, 0) is 46.8 Å². The normalized spacial score (nSPS) is 10.7. The van der Waals surface area contributed by atoms with E-state index in [-0.39, 0.29) is 29.6 Å². The molecule has 4 aromatic rings. The highest BCUT2D eigenvalue weighted by molar-refractivity contribution is 7.12. The molecule has 0 aliphatic carbocycles. The number of thiophene rings is 1. The summed E-state index contributed by atoms with van der Waals surface area (Å²) in [5, 5.41) is 1.87. The zero-order chi connectivity index (χ0) is 22.5. The Morgan fingerprint density at radius 3 is 1.62 bits per heavy atom. The van der Waals surface area contributed by atoms with Crippen molar-refractivity contribution >= 4 is 28.7 Å². The van der Waals surface area contributed by atoms with Gasteiger partial charge in [0.05, 0.1) is 4.88 Å². The fraction of sp³-hybridized carbons (Fsp3) is 0.0741. The van der Waals surface area contributed by atoms with Gasteiger partial charge in [-0.3, -0.25) is 14.4 Å². The molecule has 0 atom stereocenters. The third-order valence-electron chi connectivity index (χ3n) is 5.12. The van der Waals surface area contributed by atoms with Gasteiger partial charge < -0.3 is 0 Å². The number of hydrogen-bond donors (Lipinski definition) is 0. The lowest BCUT2D eigenvalue weighted by Crippen LogP contribution is -2.05. The number of hydrogen-bond acceptors (Lipinski definition) is 4. The van der Waals surface area contributed by atoms with Gasteiger partial charge in [0.25, 0.3) is 0 Å². The van der Waals surface area contributed by atoms with Gasteiger partial charge >= 0.3 is 0 Å². The molecular formula is C27H19FO3S. The maximum Gasteiger partial charge on any atom is 0.193 e. The zero-order valence-electron chi connectivity index (χ0n) is 17.1. The Kier molecular flexibility index (Phi) is 6.47. The molecule has 0 bridgehead atoms. The molecule has 0 radical (unpaired) electrons. The van der Waals surface area contributed by atoms with Crippen molar-refractivity contribution in [3.63, 3.8) is 0 Å². The molecule has 1 aromatic heterocycles. The highest BCUT2D eigenvalue weighted by atomic mass is 32.1. The van der Waals surface area contributed by atoms with E-state index < -0.39 is 0 Å². The van der Waals surface area contributed by atoms with Gasteiger partial charge in [0.1, 0.15) is 5.82 Å². The molecule has 1 heterocycles. The first kappa shape index (κ1) is 21.5. The van der Waals surface area contributed by atoms with Crippen LogP contribution in [0.5, 0.6) is 0 Å². The minimum absolute atomic E-state index is 0.0600. The Morgan fingerprint density at radius 2 is 1.12 bits per heavy atom. The van der Waals surface area contributed by atoms with Crippen molar-refractivity contribution in [3.8, 4) is 0 Å². The summed E-state index contributed by atoms with van der Waals surface area (Å²) in [7, 11) is 0. The van der Waals surface area contributed by atoms with Crippen molar-refractivity contribution in [3.05, 3.63) is 129 Å². The lowest BCUT2D eigenvalue weighted by molar-refractivity contribution is 0.0986. The molecule has 32 heavy (non-hydrogen) atoms. The molecule has 4 rings (SSSR count). The molecule has 0 N–H and O–H groups in total. The SMILES string of the molecule is O=C(Cc1ccc(C(=O)c2ccc(CC(=O)c3cccs3)cc2)cc1)c1ccc(F)cc1. The van der Waals surface area contributed by atoms with Crippen LogP contribution in [0.25, 0.3) is 0 Å². The second-order valence-electron chi connectivity index (χ2n) is 7.41. The van der Waals surface area contributed by atoms with Gasteiger partial charge in [-0.15, -0.1) is 11.3 Å². The topological polar surface area (TPSA) is 51.2 Å². The molecule has 0 spiro atoms. The summed E-state index contributed by atoms with van der Waals surface area (Å²) in [5.41, 5.74) is 3.13. The Morgan fingerprint density at radius 1 is 0.625 bits per heavy atom. The smallest absolute Gasteiger partial charge is 0.193 e. The van der Waals surface area contributed by atoms with Crippen LogP contribution in [0.3, 0.4) is 0 Å². The predicted octanol–water partition coefficient (Wildman–Crippen LogP) is 5.97. The van der Waals surface area contributed by atoms with Crippen LogP contribution in [-0.4, -0.2) is 17.3 Å². The standard InChI is InChI=1S/C27H19FO3S/c28-23-13-11-20(12-14-23)24(29)16-18-3-7-21(8-4-18)27(31)22-9-5-19(6-10-22)17-25(30)26-2-1-15-32-26/h1-15H,16-17H2. The van der Waals surface area contributed by atoms with Crippen molar-refractivity contribution in [2.75, 3.05) is 0 Å². The minimum atomic E-state index is -0.383. The monoisotopic (exact) mass is 442 g/mol. The minimum Gasteiger partial charge on any atom is -0.294 e. The van der Waals surface area contributed by atoms with Crippen molar-refractivity contribution < 1.29 is 18.8 Å².